The number of carbonyl (C=O) groups is 1. The molecular weight excluding hydrogens is 208 g/mol. The minimum absolute atomic E-state index is 0.0307. The molecule has 0 saturated heterocycles. The number of hydrogen-bond donors (Lipinski definition) is 2. The van der Waals surface area contributed by atoms with Crippen molar-refractivity contribution in [3.8, 4) is 0 Å². The molecule has 1 aromatic heterocycles. The average molecular weight is 226 g/mol. The van der Waals surface area contributed by atoms with E-state index in [0.29, 0.717) is 13.2 Å². The molecule has 1 heterocycles. The monoisotopic (exact) mass is 226 g/mol. The molecule has 5 heteroatoms. The Labute approximate surface area is 95.2 Å². The predicted octanol–water partition coefficient (Wildman–Crippen LogP) is 0.693. The van der Waals surface area contributed by atoms with Gasteiger partial charge in [-0.3, -0.25) is 10.1 Å². The summed E-state index contributed by atoms with van der Waals surface area (Å²) in [6, 6.07) is 3.73. The standard InChI is InChI=1S/C11H18N2O3/c1-9(10-4-3-6-16-10)13-8-11(14)12-5-7-15-2/h3-4,6,9,13H,5,7-8H2,1-2H3,(H,12,14)/t9-/m0/s1. The number of methoxy groups -OCH3 is 1. The number of hydrogen-bond acceptors (Lipinski definition) is 4. The van der Waals surface area contributed by atoms with Crippen molar-refractivity contribution >= 4 is 5.91 Å². The molecule has 0 aliphatic carbocycles. The van der Waals surface area contributed by atoms with Gasteiger partial charge in [-0.2, -0.15) is 0 Å². The fraction of sp³-hybridized carbons (Fsp3) is 0.545. The summed E-state index contributed by atoms with van der Waals surface area (Å²) in [5.74, 6) is 0.778. The Morgan fingerprint density at radius 2 is 2.44 bits per heavy atom. The van der Waals surface area contributed by atoms with E-state index in [4.69, 9.17) is 9.15 Å². The van der Waals surface area contributed by atoms with Crippen LogP contribution in [0.15, 0.2) is 22.8 Å². The maximum atomic E-state index is 11.3. The Bertz CT molecular complexity index is 298. The van der Waals surface area contributed by atoms with E-state index in [2.05, 4.69) is 10.6 Å². The number of carbonyl (C=O) groups excluding carboxylic acids is 1. The van der Waals surface area contributed by atoms with Gasteiger partial charge < -0.3 is 14.5 Å². The van der Waals surface area contributed by atoms with Crippen LogP contribution in [0.5, 0.6) is 0 Å². The molecule has 0 saturated carbocycles. The van der Waals surface area contributed by atoms with E-state index < -0.39 is 0 Å². The summed E-state index contributed by atoms with van der Waals surface area (Å²) in [7, 11) is 1.60. The fourth-order valence-corrected chi connectivity index (χ4v) is 1.24. The van der Waals surface area contributed by atoms with Gasteiger partial charge in [-0.1, -0.05) is 0 Å². The molecule has 0 spiro atoms. The molecule has 0 radical (unpaired) electrons. The zero-order valence-corrected chi connectivity index (χ0v) is 9.66. The quantitative estimate of drug-likeness (QED) is 0.671. The first kappa shape index (κ1) is 12.7. The second-order valence-corrected chi connectivity index (χ2v) is 3.46. The maximum absolute atomic E-state index is 11.3. The molecule has 0 unspecified atom stereocenters. The van der Waals surface area contributed by atoms with Crippen molar-refractivity contribution in [2.75, 3.05) is 26.8 Å². The van der Waals surface area contributed by atoms with Crippen LogP contribution in [0.4, 0.5) is 0 Å². The molecule has 16 heavy (non-hydrogen) atoms. The third kappa shape index (κ3) is 4.46. The predicted molar refractivity (Wildman–Crippen MR) is 60.0 cm³/mol. The van der Waals surface area contributed by atoms with E-state index in [1.807, 2.05) is 19.1 Å². The largest absolute Gasteiger partial charge is 0.468 e. The van der Waals surface area contributed by atoms with Crippen LogP contribution in [0.25, 0.3) is 0 Å². The van der Waals surface area contributed by atoms with Gasteiger partial charge in [0.15, 0.2) is 0 Å². The molecule has 90 valence electrons. The Balaban J connectivity index is 2.16. The zero-order valence-electron chi connectivity index (χ0n) is 9.66. The highest BCUT2D eigenvalue weighted by Crippen LogP contribution is 2.11. The summed E-state index contributed by atoms with van der Waals surface area (Å²) in [4.78, 5) is 11.3. The maximum Gasteiger partial charge on any atom is 0.234 e. The molecule has 1 aromatic rings. The van der Waals surface area contributed by atoms with Gasteiger partial charge in [0.25, 0.3) is 0 Å². The number of amides is 1. The molecule has 0 fully saturated rings. The lowest BCUT2D eigenvalue weighted by Crippen LogP contribution is -2.36. The van der Waals surface area contributed by atoms with Crippen LogP contribution in [0.3, 0.4) is 0 Å². The lowest BCUT2D eigenvalue weighted by atomic mass is 10.2. The van der Waals surface area contributed by atoms with Crippen molar-refractivity contribution in [3.05, 3.63) is 24.2 Å². The molecule has 1 atom stereocenters. The second-order valence-electron chi connectivity index (χ2n) is 3.46. The zero-order chi connectivity index (χ0) is 11.8. The third-order valence-electron chi connectivity index (χ3n) is 2.17. The van der Waals surface area contributed by atoms with Crippen LogP contribution in [0.1, 0.15) is 18.7 Å². The summed E-state index contributed by atoms with van der Waals surface area (Å²) >= 11 is 0. The van der Waals surface area contributed by atoms with Crippen LogP contribution in [-0.2, 0) is 9.53 Å². The highest BCUT2D eigenvalue weighted by atomic mass is 16.5. The summed E-state index contributed by atoms with van der Waals surface area (Å²) in [5, 5.41) is 5.79. The van der Waals surface area contributed by atoms with Crippen molar-refractivity contribution in [1.82, 2.24) is 10.6 Å². The lowest BCUT2D eigenvalue weighted by Gasteiger charge is -2.11. The molecule has 0 bridgehead atoms. The van der Waals surface area contributed by atoms with Gasteiger partial charge >= 0.3 is 0 Å². The van der Waals surface area contributed by atoms with Gasteiger partial charge in [-0.15, -0.1) is 0 Å². The van der Waals surface area contributed by atoms with Gasteiger partial charge in [0.05, 0.1) is 25.5 Å². The van der Waals surface area contributed by atoms with Crippen LogP contribution >= 0.6 is 0 Å². The van der Waals surface area contributed by atoms with E-state index in [-0.39, 0.29) is 18.5 Å². The smallest absolute Gasteiger partial charge is 0.234 e. The van der Waals surface area contributed by atoms with Gasteiger partial charge in [0, 0.05) is 13.7 Å². The highest BCUT2D eigenvalue weighted by molar-refractivity contribution is 5.77. The van der Waals surface area contributed by atoms with E-state index in [1.165, 1.54) is 0 Å². The second kappa shape index (κ2) is 7.03. The lowest BCUT2D eigenvalue weighted by molar-refractivity contribution is -0.120. The Morgan fingerprint density at radius 3 is 3.06 bits per heavy atom. The number of rotatable bonds is 7. The van der Waals surface area contributed by atoms with Gasteiger partial charge in [0.1, 0.15) is 5.76 Å². The molecular formula is C11H18N2O3. The first-order valence-electron chi connectivity index (χ1n) is 5.26. The van der Waals surface area contributed by atoms with E-state index in [0.717, 1.165) is 5.76 Å². The van der Waals surface area contributed by atoms with Gasteiger partial charge in [0.2, 0.25) is 5.91 Å². The van der Waals surface area contributed by atoms with Crippen LogP contribution in [-0.4, -0.2) is 32.7 Å². The average Bonchev–Trinajstić information content (AvgIpc) is 2.79. The molecule has 1 rings (SSSR count). The summed E-state index contributed by atoms with van der Waals surface area (Å²) in [5.41, 5.74) is 0. The third-order valence-corrected chi connectivity index (χ3v) is 2.17. The van der Waals surface area contributed by atoms with Crippen LogP contribution in [0, 0.1) is 0 Å². The van der Waals surface area contributed by atoms with Crippen molar-refractivity contribution in [1.29, 1.82) is 0 Å². The SMILES string of the molecule is COCCNC(=O)CN[C@@H](C)c1ccco1. The van der Waals surface area contributed by atoms with Crippen LogP contribution in [0.2, 0.25) is 0 Å². The fourth-order valence-electron chi connectivity index (χ4n) is 1.24. The number of ether oxygens (including phenoxy) is 1. The molecule has 0 aliphatic rings. The van der Waals surface area contributed by atoms with Crippen LogP contribution < -0.4 is 10.6 Å². The summed E-state index contributed by atoms with van der Waals surface area (Å²) in [6.07, 6.45) is 1.62. The number of furan rings is 1. The van der Waals surface area contributed by atoms with Crippen molar-refractivity contribution in [2.24, 2.45) is 0 Å². The molecule has 2 N–H and O–H groups in total. The molecule has 5 nitrogen and oxygen atoms in total. The Kier molecular flexibility index (Phi) is 5.60. The molecule has 0 aliphatic heterocycles. The molecule has 1 amide bonds. The van der Waals surface area contributed by atoms with Gasteiger partial charge in [-0.25, -0.2) is 0 Å². The van der Waals surface area contributed by atoms with E-state index in [9.17, 15) is 4.79 Å². The minimum Gasteiger partial charge on any atom is -0.468 e. The van der Waals surface area contributed by atoms with Gasteiger partial charge in [-0.05, 0) is 19.1 Å². The Hall–Kier alpha value is -1.33. The normalized spacial score (nSPS) is 12.4. The highest BCUT2D eigenvalue weighted by Gasteiger charge is 2.09. The summed E-state index contributed by atoms with van der Waals surface area (Å²) in [6.45, 7) is 3.28. The first-order valence-corrected chi connectivity index (χ1v) is 5.26. The van der Waals surface area contributed by atoms with Crippen molar-refractivity contribution in [3.63, 3.8) is 0 Å². The number of nitrogens with one attached hydrogen (secondary N) is 2. The van der Waals surface area contributed by atoms with Crippen molar-refractivity contribution < 1.29 is 13.9 Å². The topological polar surface area (TPSA) is 63.5 Å². The van der Waals surface area contributed by atoms with Crippen molar-refractivity contribution in [2.45, 2.75) is 13.0 Å². The molecule has 0 aromatic carbocycles. The Morgan fingerprint density at radius 1 is 1.62 bits per heavy atom. The van der Waals surface area contributed by atoms with E-state index in [1.54, 1.807) is 13.4 Å². The van der Waals surface area contributed by atoms with E-state index >= 15 is 0 Å². The minimum atomic E-state index is -0.0459. The first-order chi connectivity index (χ1) is 7.74. The summed E-state index contributed by atoms with van der Waals surface area (Å²) < 4.78 is 10.0.